The van der Waals surface area contributed by atoms with Crippen LogP contribution in [-0.2, 0) is 10.8 Å². The second-order valence-electron chi connectivity index (χ2n) is 9.46. The Labute approximate surface area is 172 Å². The Morgan fingerprint density at radius 2 is 1.50 bits per heavy atom. The third-order valence-electron chi connectivity index (χ3n) is 5.03. The number of hydrogen-bond donors (Lipinski definition) is 2. The van der Waals surface area contributed by atoms with Gasteiger partial charge >= 0.3 is 0 Å². The standard InChI is InChI=1S/C23H29N3OS/c1-14-10-18(27)8-9-19(14)20-24-25-21(28)26(20)17-12-15(22(2,3)4)11-16(13-17)23(5,6)7/h8-13,27H,1-7H3,(H,25,28). The van der Waals surface area contributed by atoms with Crippen molar-refractivity contribution in [2.45, 2.75) is 59.3 Å². The molecule has 0 fully saturated rings. The monoisotopic (exact) mass is 395 g/mol. The van der Waals surface area contributed by atoms with E-state index < -0.39 is 0 Å². The van der Waals surface area contributed by atoms with Crippen molar-refractivity contribution in [3.8, 4) is 22.8 Å². The van der Waals surface area contributed by atoms with E-state index >= 15 is 0 Å². The predicted molar refractivity (Wildman–Crippen MR) is 118 cm³/mol. The molecule has 0 radical (unpaired) electrons. The van der Waals surface area contributed by atoms with Crippen molar-refractivity contribution in [3.63, 3.8) is 0 Å². The highest BCUT2D eigenvalue weighted by Gasteiger charge is 2.22. The molecule has 3 rings (SSSR count). The maximum atomic E-state index is 9.77. The van der Waals surface area contributed by atoms with Crippen molar-refractivity contribution in [1.82, 2.24) is 14.8 Å². The number of aromatic amines is 1. The number of aryl methyl sites for hydroxylation is 1. The Kier molecular flexibility index (Phi) is 5.00. The Hall–Kier alpha value is -2.40. The van der Waals surface area contributed by atoms with Gasteiger partial charge in [-0.1, -0.05) is 47.6 Å². The first kappa shape index (κ1) is 20.3. The van der Waals surface area contributed by atoms with Crippen LogP contribution in [0.5, 0.6) is 5.75 Å². The SMILES string of the molecule is Cc1cc(O)ccc1-c1n[nH]c(=S)n1-c1cc(C(C)(C)C)cc(C(C)(C)C)c1. The van der Waals surface area contributed by atoms with Crippen LogP contribution in [0, 0.1) is 11.7 Å². The molecule has 0 aliphatic rings. The van der Waals surface area contributed by atoms with Gasteiger partial charge in [-0.25, -0.2) is 0 Å². The van der Waals surface area contributed by atoms with E-state index in [1.165, 1.54) is 11.1 Å². The van der Waals surface area contributed by atoms with Crippen molar-refractivity contribution in [2.24, 2.45) is 0 Å². The Morgan fingerprint density at radius 3 is 2.00 bits per heavy atom. The summed E-state index contributed by atoms with van der Waals surface area (Å²) in [5, 5.41) is 17.2. The molecule has 1 aromatic heterocycles. The fourth-order valence-electron chi connectivity index (χ4n) is 3.22. The molecule has 0 saturated carbocycles. The number of phenols is 1. The number of nitrogens with zero attached hydrogens (tertiary/aromatic N) is 2. The maximum absolute atomic E-state index is 9.77. The Balaban J connectivity index is 2.30. The van der Waals surface area contributed by atoms with Gasteiger partial charge in [-0.3, -0.25) is 9.67 Å². The number of aromatic hydroxyl groups is 1. The molecule has 2 aromatic carbocycles. The van der Waals surface area contributed by atoms with Crippen molar-refractivity contribution >= 4 is 12.2 Å². The highest BCUT2D eigenvalue weighted by molar-refractivity contribution is 7.71. The summed E-state index contributed by atoms with van der Waals surface area (Å²) >= 11 is 5.59. The number of hydrogen-bond acceptors (Lipinski definition) is 3. The van der Waals surface area contributed by atoms with E-state index in [0.717, 1.165) is 22.6 Å². The minimum atomic E-state index is 0.0105. The molecule has 4 nitrogen and oxygen atoms in total. The van der Waals surface area contributed by atoms with E-state index in [1.807, 2.05) is 17.6 Å². The normalized spacial score (nSPS) is 12.4. The number of phenolic OH excluding ortho intramolecular Hbond substituents is 1. The van der Waals surface area contributed by atoms with E-state index in [2.05, 4.69) is 69.9 Å². The fourth-order valence-corrected chi connectivity index (χ4v) is 3.46. The van der Waals surface area contributed by atoms with Crippen LogP contribution in [0.2, 0.25) is 0 Å². The van der Waals surface area contributed by atoms with Crippen molar-refractivity contribution in [2.75, 3.05) is 0 Å². The largest absolute Gasteiger partial charge is 0.508 e. The van der Waals surface area contributed by atoms with Crippen molar-refractivity contribution in [1.29, 1.82) is 0 Å². The van der Waals surface area contributed by atoms with E-state index in [1.54, 1.807) is 12.1 Å². The summed E-state index contributed by atoms with van der Waals surface area (Å²) in [6.45, 7) is 15.3. The van der Waals surface area contributed by atoms with Gasteiger partial charge in [0.15, 0.2) is 10.6 Å². The number of benzene rings is 2. The van der Waals surface area contributed by atoms with Gasteiger partial charge in [-0.15, -0.1) is 0 Å². The molecule has 0 aliphatic carbocycles. The molecule has 1 heterocycles. The minimum absolute atomic E-state index is 0.0105. The van der Waals surface area contributed by atoms with Crippen molar-refractivity contribution < 1.29 is 5.11 Å². The molecule has 0 spiro atoms. The van der Waals surface area contributed by atoms with Gasteiger partial charge < -0.3 is 5.11 Å². The summed E-state index contributed by atoms with van der Waals surface area (Å²) in [5.41, 5.74) is 5.41. The molecular formula is C23H29N3OS. The predicted octanol–water partition coefficient (Wildman–Crippen LogP) is 6.21. The van der Waals surface area contributed by atoms with Crippen LogP contribution in [0.1, 0.15) is 58.2 Å². The van der Waals surface area contributed by atoms with E-state index in [-0.39, 0.29) is 16.6 Å². The quantitative estimate of drug-likeness (QED) is 0.508. The van der Waals surface area contributed by atoms with Gasteiger partial charge in [0.25, 0.3) is 0 Å². The maximum Gasteiger partial charge on any atom is 0.200 e. The van der Waals surface area contributed by atoms with Crippen LogP contribution < -0.4 is 0 Å². The average Bonchev–Trinajstić information content (AvgIpc) is 2.94. The molecule has 3 aromatic rings. The smallest absolute Gasteiger partial charge is 0.200 e. The van der Waals surface area contributed by atoms with E-state index in [4.69, 9.17) is 12.2 Å². The van der Waals surface area contributed by atoms with Crippen LogP contribution in [0.25, 0.3) is 17.1 Å². The summed E-state index contributed by atoms with van der Waals surface area (Å²) in [7, 11) is 0. The molecular weight excluding hydrogens is 366 g/mol. The van der Waals surface area contributed by atoms with E-state index in [9.17, 15) is 5.11 Å². The lowest BCUT2D eigenvalue weighted by Crippen LogP contribution is -2.17. The van der Waals surface area contributed by atoms with Gasteiger partial charge in [0.1, 0.15) is 5.75 Å². The average molecular weight is 396 g/mol. The zero-order valence-electron chi connectivity index (χ0n) is 17.7. The first-order valence-electron chi connectivity index (χ1n) is 9.52. The third kappa shape index (κ3) is 3.90. The zero-order valence-corrected chi connectivity index (χ0v) is 18.5. The third-order valence-corrected chi connectivity index (χ3v) is 5.31. The van der Waals surface area contributed by atoms with Gasteiger partial charge in [-0.2, -0.15) is 5.10 Å². The minimum Gasteiger partial charge on any atom is -0.508 e. The number of rotatable bonds is 2. The molecule has 0 atom stereocenters. The lowest BCUT2D eigenvalue weighted by atomic mass is 9.80. The molecule has 0 amide bonds. The lowest BCUT2D eigenvalue weighted by Gasteiger charge is -2.26. The molecule has 0 bridgehead atoms. The first-order chi connectivity index (χ1) is 12.9. The summed E-state index contributed by atoms with van der Waals surface area (Å²) < 4.78 is 2.53. The number of aromatic nitrogens is 3. The Morgan fingerprint density at radius 1 is 0.929 bits per heavy atom. The van der Waals surface area contributed by atoms with Gasteiger partial charge in [-0.05, 0) is 77.0 Å². The highest BCUT2D eigenvalue weighted by Crippen LogP contribution is 2.33. The first-order valence-corrected chi connectivity index (χ1v) is 9.92. The van der Waals surface area contributed by atoms with Gasteiger partial charge in [0, 0.05) is 5.56 Å². The molecule has 148 valence electrons. The summed E-state index contributed by atoms with van der Waals surface area (Å²) in [6.07, 6.45) is 0. The number of H-pyrrole nitrogens is 1. The van der Waals surface area contributed by atoms with Crippen LogP contribution in [-0.4, -0.2) is 19.9 Å². The van der Waals surface area contributed by atoms with Crippen LogP contribution in [0.15, 0.2) is 36.4 Å². The zero-order chi connectivity index (χ0) is 20.9. The summed E-state index contributed by atoms with van der Waals surface area (Å²) in [4.78, 5) is 0. The molecule has 0 aliphatic heterocycles. The summed E-state index contributed by atoms with van der Waals surface area (Å²) in [6, 6.07) is 12.0. The number of nitrogens with one attached hydrogen (secondary N) is 1. The highest BCUT2D eigenvalue weighted by atomic mass is 32.1. The van der Waals surface area contributed by atoms with Crippen LogP contribution >= 0.6 is 12.2 Å². The van der Waals surface area contributed by atoms with Crippen LogP contribution in [0.3, 0.4) is 0 Å². The molecule has 28 heavy (non-hydrogen) atoms. The fraction of sp³-hybridized carbons (Fsp3) is 0.391. The van der Waals surface area contributed by atoms with Crippen molar-refractivity contribution in [3.05, 3.63) is 57.9 Å². The molecule has 0 saturated heterocycles. The van der Waals surface area contributed by atoms with E-state index in [0.29, 0.717) is 4.77 Å². The topological polar surface area (TPSA) is 53.8 Å². The Bertz CT molecular complexity index is 1050. The molecule has 0 unspecified atom stereocenters. The molecule has 2 N–H and O–H groups in total. The second-order valence-corrected chi connectivity index (χ2v) is 9.84. The molecule has 5 heteroatoms. The second kappa shape index (κ2) is 6.89. The summed E-state index contributed by atoms with van der Waals surface area (Å²) in [5.74, 6) is 0.986. The lowest BCUT2D eigenvalue weighted by molar-refractivity contribution is 0.475. The van der Waals surface area contributed by atoms with Crippen LogP contribution in [0.4, 0.5) is 0 Å². The van der Waals surface area contributed by atoms with Gasteiger partial charge in [0.2, 0.25) is 0 Å². The van der Waals surface area contributed by atoms with Gasteiger partial charge in [0.05, 0.1) is 5.69 Å².